The minimum absolute atomic E-state index is 0.0957. The Labute approximate surface area is 156 Å². The van der Waals surface area contributed by atoms with Gasteiger partial charge in [-0.1, -0.05) is 31.2 Å². The summed E-state index contributed by atoms with van der Waals surface area (Å²) in [6.45, 7) is 9.08. The molecule has 0 amide bonds. The molecule has 2 saturated heterocycles. The molecule has 5 nitrogen and oxygen atoms in total. The van der Waals surface area contributed by atoms with E-state index in [4.69, 9.17) is 4.74 Å². The highest BCUT2D eigenvalue weighted by atomic mass is 16.5. The lowest BCUT2D eigenvalue weighted by Gasteiger charge is -2.35. The van der Waals surface area contributed by atoms with E-state index in [9.17, 15) is 0 Å². The fourth-order valence-electron chi connectivity index (χ4n) is 4.07. The maximum Gasteiger partial charge on any atom is 0.134 e. The first-order valence-electron chi connectivity index (χ1n) is 9.70. The van der Waals surface area contributed by atoms with Crippen LogP contribution in [0, 0.1) is 12.8 Å². The van der Waals surface area contributed by atoms with Gasteiger partial charge in [0.15, 0.2) is 0 Å². The second kappa shape index (κ2) is 7.62. The summed E-state index contributed by atoms with van der Waals surface area (Å²) in [6.07, 6.45) is 4.37. The summed E-state index contributed by atoms with van der Waals surface area (Å²) in [5, 5.41) is 0. The number of benzene rings is 1. The molecule has 26 heavy (non-hydrogen) atoms. The van der Waals surface area contributed by atoms with Gasteiger partial charge in [0.2, 0.25) is 0 Å². The predicted octanol–water partition coefficient (Wildman–Crippen LogP) is 3.60. The van der Waals surface area contributed by atoms with Crippen LogP contribution in [0.25, 0.3) is 0 Å². The third-order valence-electron chi connectivity index (χ3n) is 5.55. The first-order chi connectivity index (χ1) is 12.7. The van der Waals surface area contributed by atoms with Crippen molar-refractivity contribution in [3.05, 3.63) is 47.8 Å². The van der Waals surface area contributed by atoms with Gasteiger partial charge in [0.05, 0.1) is 6.61 Å². The van der Waals surface area contributed by atoms with Gasteiger partial charge in [0.1, 0.15) is 24.1 Å². The lowest BCUT2D eigenvalue weighted by Crippen LogP contribution is -2.39. The molecule has 0 radical (unpaired) electrons. The smallest absolute Gasteiger partial charge is 0.134 e. The number of aryl methyl sites for hydroxylation is 1. The van der Waals surface area contributed by atoms with Crippen LogP contribution in [-0.2, 0) is 4.74 Å². The first kappa shape index (κ1) is 17.3. The van der Waals surface area contributed by atoms with Crippen molar-refractivity contribution < 1.29 is 4.74 Å². The molecule has 0 N–H and O–H groups in total. The molecular weight excluding hydrogens is 324 g/mol. The van der Waals surface area contributed by atoms with Crippen molar-refractivity contribution in [2.24, 2.45) is 5.92 Å². The maximum absolute atomic E-state index is 6.06. The summed E-state index contributed by atoms with van der Waals surface area (Å²) in [5.41, 5.74) is 2.56. The highest BCUT2D eigenvalue weighted by Gasteiger charge is 2.25. The molecule has 138 valence electrons. The van der Waals surface area contributed by atoms with Crippen molar-refractivity contribution >= 4 is 11.6 Å². The quantitative estimate of drug-likeness (QED) is 0.844. The van der Waals surface area contributed by atoms with Crippen LogP contribution in [0.4, 0.5) is 11.6 Å². The Morgan fingerprint density at radius 3 is 2.58 bits per heavy atom. The Bertz CT molecular complexity index is 750. The van der Waals surface area contributed by atoms with Gasteiger partial charge in [0, 0.05) is 32.2 Å². The molecule has 1 aromatic carbocycles. The standard InChI is InChI=1S/C21H28N4O/c1-16-6-5-9-24(13-16)20-12-21(23-15-22-20)25-10-11-26-19(14-25)18-8-4-3-7-17(18)2/h3-4,7-8,12,15-16,19H,5-6,9-11,13-14H2,1-2H3. The molecular formula is C21H28N4O. The molecule has 2 unspecified atom stereocenters. The molecule has 0 spiro atoms. The van der Waals surface area contributed by atoms with Crippen LogP contribution >= 0.6 is 0 Å². The zero-order chi connectivity index (χ0) is 17.9. The van der Waals surface area contributed by atoms with E-state index in [1.54, 1.807) is 6.33 Å². The van der Waals surface area contributed by atoms with Crippen LogP contribution in [0.3, 0.4) is 0 Å². The number of ether oxygens (including phenoxy) is 1. The van der Waals surface area contributed by atoms with E-state index in [1.165, 1.54) is 24.0 Å². The minimum Gasteiger partial charge on any atom is -0.370 e. The molecule has 3 heterocycles. The maximum atomic E-state index is 6.06. The van der Waals surface area contributed by atoms with Gasteiger partial charge >= 0.3 is 0 Å². The van der Waals surface area contributed by atoms with E-state index in [2.05, 4.69) is 63.9 Å². The summed E-state index contributed by atoms with van der Waals surface area (Å²) in [6, 6.07) is 10.6. The van der Waals surface area contributed by atoms with Crippen LogP contribution in [0.15, 0.2) is 36.7 Å². The van der Waals surface area contributed by atoms with Gasteiger partial charge in [-0.25, -0.2) is 9.97 Å². The van der Waals surface area contributed by atoms with Crippen molar-refractivity contribution in [2.75, 3.05) is 42.6 Å². The van der Waals surface area contributed by atoms with Gasteiger partial charge in [-0.2, -0.15) is 0 Å². The highest BCUT2D eigenvalue weighted by molar-refractivity contribution is 5.51. The van der Waals surface area contributed by atoms with Crippen LogP contribution in [0.1, 0.15) is 37.0 Å². The van der Waals surface area contributed by atoms with E-state index in [0.29, 0.717) is 0 Å². The summed E-state index contributed by atoms with van der Waals surface area (Å²) >= 11 is 0. The molecule has 2 atom stereocenters. The average Bonchev–Trinajstić information content (AvgIpc) is 2.69. The van der Waals surface area contributed by atoms with Gasteiger partial charge < -0.3 is 14.5 Å². The number of morpholine rings is 1. The fourth-order valence-corrected chi connectivity index (χ4v) is 4.07. The van der Waals surface area contributed by atoms with Crippen molar-refractivity contribution in [3.8, 4) is 0 Å². The molecule has 2 fully saturated rings. The molecule has 0 bridgehead atoms. The Balaban J connectivity index is 1.52. The lowest BCUT2D eigenvalue weighted by atomic mass is 10.0. The monoisotopic (exact) mass is 352 g/mol. The molecule has 2 aromatic rings. The highest BCUT2D eigenvalue weighted by Crippen LogP contribution is 2.29. The van der Waals surface area contributed by atoms with Gasteiger partial charge in [0.25, 0.3) is 0 Å². The Morgan fingerprint density at radius 1 is 1.04 bits per heavy atom. The van der Waals surface area contributed by atoms with Crippen molar-refractivity contribution in [3.63, 3.8) is 0 Å². The number of aromatic nitrogens is 2. The third-order valence-corrected chi connectivity index (χ3v) is 5.55. The molecule has 4 rings (SSSR count). The summed E-state index contributed by atoms with van der Waals surface area (Å²) in [4.78, 5) is 13.8. The van der Waals surface area contributed by atoms with Crippen LogP contribution < -0.4 is 9.80 Å². The topological polar surface area (TPSA) is 41.5 Å². The number of piperidine rings is 1. The van der Waals surface area contributed by atoms with Crippen LogP contribution in [0.5, 0.6) is 0 Å². The van der Waals surface area contributed by atoms with E-state index in [1.807, 2.05) is 0 Å². The second-order valence-corrected chi connectivity index (χ2v) is 7.59. The van der Waals surface area contributed by atoms with Gasteiger partial charge in [-0.3, -0.25) is 0 Å². The molecule has 2 aliphatic rings. The van der Waals surface area contributed by atoms with Gasteiger partial charge in [-0.05, 0) is 36.8 Å². The summed E-state index contributed by atoms with van der Waals surface area (Å²) in [7, 11) is 0. The number of rotatable bonds is 3. The normalized spacial score (nSPS) is 23.9. The second-order valence-electron chi connectivity index (χ2n) is 7.59. The predicted molar refractivity (Wildman–Crippen MR) is 105 cm³/mol. The van der Waals surface area contributed by atoms with E-state index >= 15 is 0 Å². The molecule has 2 aliphatic heterocycles. The molecule has 1 aromatic heterocycles. The van der Waals surface area contributed by atoms with Gasteiger partial charge in [-0.15, -0.1) is 0 Å². The number of hydrogen-bond donors (Lipinski definition) is 0. The average molecular weight is 352 g/mol. The Morgan fingerprint density at radius 2 is 1.81 bits per heavy atom. The molecule has 0 aliphatic carbocycles. The van der Waals surface area contributed by atoms with Crippen molar-refractivity contribution in [2.45, 2.75) is 32.8 Å². The van der Waals surface area contributed by atoms with Crippen molar-refractivity contribution in [1.29, 1.82) is 0 Å². The van der Waals surface area contributed by atoms with E-state index in [-0.39, 0.29) is 6.10 Å². The van der Waals surface area contributed by atoms with E-state index in [0.717, 1.165) is 50.3 Å². The zero-order valence-electron chi connectivity index (χ0n) is 15.8. The van der Waals surface area contributed by atoms with Crippen LogP contribution in [-0.4, -0.2) is 42.8 Å². The number of hydrogen-bond acceptors (Lipinski definition) is 5. The summed E-state index contributed by atoms with van der Waals surface area (Å²) in [5.74, 6) is 2.80. The molecule has 5 heteroatoms. The number of nitrogens with zero attached hydrogens (tertiary/aromatic N) is 4. The Kier molecular flexibility index (Phi) is 5.07. The Hall–Kier alpha value is -2.14. The lowest BCUT2D eigenvalue weighted by molar-refractivity contribution is 0.0391. The van der Waals surface area contributed by atoms with E-state index < -0.39 is 0 Å². The largest absolute Gasteiger partial charge is 0.370 e. The zero-order valence-corrected chi connectivity index (χ0v) is 15.8. The SMILES string of the molecule is Cc1ccccc1C1CN(c2cc(N3CCCC(C)C3)ncn2)CCO1. The van der Waals surface area contributed by atoms with Crippen LogP contribution in [0.2, 0.25) is 0 Å². The molecule has 0 saturated carbocycles. The number of anilines is 2. The summed E-state index contributed by atoms with van der Waals surface area (Å²) < 4.78 is 6.06. The van der Waals surface area contributed by atoms with Crippen molar-refractivity contribution in [1.82, 2.24) is 9.97 Å². The fraction of sp³-hybridized carbons (Fsp3) is 0.524. The minimum atomic E-state index is 0.0957. The first-order valence-corrected chi connectivity index (χ1v) is 9.70. The third kappa shape index (κ3) is 3.68.